The molecule has 4 nitrogen and oxygen atoms in total. The Balaban J connectivity index is 1.68. The zero-order valence-corrected chi connectivity index (χ0v) is 14.6. The van der Waals surface area contributed by atoms with Crippen LogP contribution in [-0.4, -0.2) is 28.9 Å². The van der Waals surface area contributed by atoms with Crippen LogP contribution in [0.1, 0.15) is 18.5 Å². The fourth-order valence-electron chi connectivity index (χ4n) is 2.79. The minimum Gasteiger partial charge on any atom is -0.369 e. The number of likely N-dealkylation sites (tertiary alicyclic amines) is 1. The molecule has 1 atom stereocenters. The first-order chi connectivity index (χ1) is 10.6. The molecule has 2 heterocycles. The van der Waals surface area contributed by atoms with Crippen molar-refractivity contribution < 1.29 is 4.79 Å². The average molecular weight is 380 g/mol. The van der Waals surface area contributed by atoms with Gasteiger partial charge in [-0.1, -0.05) is 28.1 Å². The number of nitrogens with two attached hydrogens (primary N) is 1. The van der Waals surface area contributed by atoms with Gasteiger partial charge in [-0.05, 0) is 31.5 Å². The van der Waals surface area contributed by atoms with Gasteiger partial charge in [-0.2, -0.15) is 0 Å². The molecule has 1 aromatic heterocycles. The van der Waals surface area contributed by atoms with Crippen LogP contribution in [0.3, 0.4) is 0 Å². The molecular formula is C16H18BrN3OS. The van der Waals surface area contributed by atoms with Crippen molar-refractivity contribution in [3.8, 4) is 10.6 Å². The molecule has 1 fully saturated rings. The number of hydrogen-bond donors (Lipinski definition) is 1. The smallest absolute Gasteiger partial charge is 0.221 e. The van der Waals surface area contributed by atoms with Gasteiger partial charge in [0, 0.05) is 28.5 Å². The highest BCUT2D eigenvalue weighted by atomic mass is 79.9. The van der Waals surface area contributed by atoms with Gasteiger partial charge in [0.25, 0.3) is 0 Å². The maximum absolute atomic E-state index is 11.4. The van der Waals surface area contributed by atoms with Crippen molar-refractivity contribution in [2.75, 3.05) is 13.1 Å². The lowest BCUT2D eigenvalue weighted by Gasteiger charge is -2.30. The third-order valence-electron chi connectivity index (χ3n) is 3.92. The Morgan fingerprint density at radius 2 is 2.36 bits per heavy atom. The van der Waals surface area contributed by atoms with Gasteiger partial charge in [0.15, 0.2) is 0 Å². The molecule has 0 aliphatic carbocycles. The molecule has 1 saturated heterocycles. The molecule has 0 spiro atoms. The summed E-state index contributed by atoms with van der Waals surface area (Å²) in [7, 11) is 0. The summed E-state index contributed by atoms with van der Waals surface area (Å²) in [6.45, 7) is 2.54. The summed E-state index contributed by atoms with van der Waals surface area (Å²) in [6.07, 6.45) is 1.93. The molecular weight excluding hydrogens is 362 g/mol. The van der Waals surface area contributed by atoms with E-state index in [2.05, 4.69) is 38.3 Å². The van der Waals surface area contributed by atoms with Crippen LogP contribution in [0.25, 0.3) is 10.6 Å². The summed E-state index contributed by atoms with van der Waals surface area (Å²) in [4.78, 5) is 18.4. The van der Waals surface area contributed by atoms with Crippen LogP contribution in [0.4, 0.5) is 0 Å². The minimum absolute atomic E-state index is 0.0167. The third kappa shape index (κ3) is 3.74. The van der Waals surface area contributed by atoms with E-state index in [0.717, 1.165) is 53.2 Å². The standard InChI is InChI=1S/C16H18BrN3OS/c17-13-5-1-3-11(7-13)16-19-14(10-22-16)9-20-6-2-4-12(8-20)15(18)21/h1,3,5,7,10,12H,2,4,6,8-9H2,(H2,18,21)/t12-/m1/s1. The summed E-state index contributed by atoms with van der Waals surface area (Å²) in [5.41, 5.74) is 7.62. The quantitative estimate of drug-likeness (QED) is 0.886. The van der Waals surface area contributed by atoms with E-state index in [9.17, 15) is 4.79 Å². The maximum atomic E-state index is 11.4. The predicted molar refractivity (Wildman–Crippen MR) is 92.4 cm³/mol. The van der Waals surface area contributed by atoms with Gasteiger partial charge < -0.3 is 5.73 Å². The highest BCUT2D eigenvalue weighted by Crippen LogP contribution is 2.27. The lowest BCUT2D eigenvalue weighted by Crippen LogP contribution is -2.40. The second kappa shape index (κ2) is 6.89. The Morgan fingerprint density at radius 3 is 3.14 bits per heavy atom. The largest absolute Gasteiger partial charge is 0.369 e. The van der Waals surface area contributed by atoms with Gasteiger partial charge in [-0.15, -0.1) is 11.3 Å². The van der Waals surface area contributed by atoms with Gasteiger partial charge in [0.1, 0.15) is 5.01 Å². The van der Waals surface area contributed by atoms with Crippen molar-refractivity contribution >= 4 is 33.2 Å². The number of carbonyl (C=O) groups excluding carboxylic acids is 1. The normalized spacial score (nSPS) is 19.2. The highest BCUT2D eigenvalue weighted by Gasteiger charge is 2.24. The molecule has 116 valence electrons. The van der Waals surface area contributed by atoms with E-state index in [0.29, 0.717) is 0 Å². The Bertz CT molecular complexity index is 673. The zero-order valence-electron chi connectivity index (χ0n) is 12.2. The third-order valence-corrected chi connectivity index (χ3v) is 5.35. The average Bonchev–Trinajstić information content (AvgIpc) is 2.96. The molecule has 6 heteroatoms. The van der Waals surface area contributed by atoms with Crippen molar-refractivity contribution in [1.29, 1.82) is 0 Å². The predicted octanol–water partition coefficient (Wildman–Crippen LogP) is 3.27. The van der Waals surface area contributed by atoms with Crippen LogP contribution in [-0.2, 0) is 11.3 Å². The van der Waals surface area contributed by atoms with E-state index >= 15 is 0 Å². The molecule has 22 heavy (non-hydrogen) atoms. The van der Waals surface area contributed by atoms with E-state index in [1.807, 2.05) is 12.1 Å². The van der Waals surface area contributed by atoms with Gasteiger partial charge in [-0.25, -0.2) is 4.98 Å². The fraction of sp³-hybridized carbons (Fsp3) is 0.375. The highest BCUT2D eigenvalue weighted by molar-refractivity contribution is 9.10. The molecule has 2 N–H and O–H groups in total. The van der Waals surface area contributed by atoms with Gasteiger partial charge in [-0.3, -0.25) is 9.69 Å². The van der Waals surface area contributed by atoms with E-state index in [1.54, 1.807) is 11.3 Å². The fourth-order valence-corrected chi connectivity index (χ4v) is 4.00. The number of rotatable bonds is 4. The molecule has 1 amide bonds. The summed E-state index contributed by atoms with van der Waals surface area (Å²) in [5.74, 6) is -0.199. The summed E-state index contributed by atoms with van der Waals surface area (Å²) in [5, 5.41) is 3.13. The number of primary amides is 1. The summed E-state index contributed by atoms with van der Waals surface area (Å²) >= 11 is 5.15. The molecule has 1 aromatic carbocycles. The number of amides is 1. The first-order valence-corrected chi connectivity index (χ1v) is 9.01. The summed E-state index contributed by atoms with van der Waals surface area (Å²) in [6, 6.07) is 8.17. The number of carbonyl (C=O) groups is 1. The molecule has 0 bridgehead atoms. The Kier molecular flexibility index (Phi) is 4.90. The topological polar surface area (TPSA) is 59.2 Å². The molecule has 0 radical (unpaired) electrons. The van der Waals surface area contributed by atoms with Crippen molar-refractivity contribution in [3.05, 3.63) is 39.8 Å². The van der Waals surface area contributed by atoms with E-state index in [4.69, 9.17) is 10.7 Å². The van der Waals surface area contributed by atoms with Crippen LogP contribution < -0.4 is 5.73 Å². The molecule has 3 rings (SSSR count). The van der Waals surface area contributed by atoms with E-state index in [-0.39, 0.29) is 11.8 Å². The van der Waals surface area contributed by atoms with Crippen molar-refractivity contribution in [2.24, 2.45) is 11.7 Å². The number of hydrogen-bond acceptors (Lipinski definition) is 4. The van der Waals surface area contributed by atoms with Crippen LogP contribution in [0.15, 0.2) is 34.1 Å². The second-order valence-electron chi connectivity index (χ2n) is 5.63. The maximum Gasteiger partial charge on any atom is 0.221 e. The number of piperidine rings is 1. The van der Waals surface area contributed by atoms with Crippen molar-refractivity contribution in [1.82, 2.24) is 9.88 Å². The van der Waals surface area contributed by atoms with Gasteiger partial charge in [0.2, 0.25) is 5.91 Å². The summed E-state index contributed by atoms with van der Waals surface area (Å²) < 4.78 is 1.06. The number of thiazole rings is 1. The number of aromatic nitrogens is 1. The van der Waals surface area contributed by atoms with Gasteiger partial charge in [0.05, 0.1) is 11.6 Å². The van der Waals surface area contributed by atoms with Crippen molar-refractivity contribution in [3.63, 3.8) is 0 Å². The monoisotopic (exact) mass is 379 g/mol. The molecule has 1 aliphatic heterocycles. The zero-order chi connectivity index (χ0) is 15.5. The van der Waals surface area contributed by atoms with E-state index in [1.165, 1.54) is 0 Å². The first kappa shape index (κ1) is 15.6. The molecule has 0 saturated carbocycles. The Labute approximate surface area is 142 Å². The Morgan fingerprint density at radius 1 is 1.50 bits per heavy atom. The molecule has 2 aromatic rings. The lowest BCUT2D eigenvalue weighted by atomic mass is 9.97. The minimum atomic E-state index is -0.183. The molecule has 0 unspecified atom stereocenters. The lowest BCUT2D eigenvalue weighted by molar-refractivity contribution is -0.123. The van der Waals surface area contributed by atoms with Crippen LogP contribution >= 0.6 is 27.3 Å². The second-order valence-corrected chi connectivity index (χ2v) is 7.40. The van der Waals surface area contributed by atoms with Gasteiger partial charge >= 0.3 is 0 Å². The number of halogens is 1. The van der Waals surface area contributed by atoms with E-state index < -0.39 is 0 Å². The Hall–Kier alpha value is -1.24. The number of nitrogens with zero attached hydrogens (tertiary/aromatic N) is 2. The van der Waals surface area contributed by atoms with Crippen LogP contribution in [0.2, 0.25) is 0 Å². The van der Waals surface area contributed by atoms with Crippen LogP contribution in [0.5, 0.6) is 0 Å². The first-order valence-electron chi connectivity index (χ1n) is 7.34. The van der Waals surface area contributed by atoms with Crippen molar-refractivity contribution in [2.45, 2.75) is 19.4 Å². The number of benzene rings is 1. The molecule has 1 aliphatic rings. The SMILES string of the molecule is NC(=O)[C@@H]1CCCN(Cc2csc(-c3cccc(Br)c3)n2)C1. The van der Waals surface area contributed by atoms with Crippen LogP contribution in [0, 0.1) is 5.92 Å².